The lowest BCUT2D eigenvalue weighted by molar-refractivity contribution is -0.121. The van der Waals surface area contributed by atoms with Gasteiger partial charge in [0.1, 0.15) is 5.75 Å². The van der Waals surface area contributed by atoms with Crippen molar-refractivity contribution in [3.8, 4) is 5.75 Å². The summed E-state index contributed by atoms with van der Waals surface area (Å²) in [5, 5.41) is 5.60. The molecular weight excluding hydrogens is 304 g/mol. The van der Waals surface area contributed by atoms with Crippen molar-refractivity contribution in [2.75, 3.05) is 13.7 Å². The predicted octanol–water partition coefficient (Wildman–Crippen LogP) is 2.44. The Balaban J connectivity index is 1.73. The van der Waals surface area contributed by atoms with E-state index in [0.29, 0.717) is 18.7 Å². The Kier molecular flexibility index (Phi) is 6.37. The summed E-state index contributed by atoms with van der Waals surface area (Å²) in [4.78, 5) is 23.9. The lowest BCUT2D eigenvalue weighted by atomic mass is 10.1. The van der Waals surface area contributed by atoms with Gasteiger partial charge in [0.05, 0.1) is 7.11 Å². The highest BCUT2D eigenvalue weighted by Crippen LogP contribution is 2.12. The van der Waals surface area contributed by atoms with Gasteiger partial charge in [-0.25, -0.2) is 0 Å². The molecule has 0 heterocycles. The number of methoxy groups -OCH3 is 1. The number of amides is 2. The van der Waals surface area contributed by atoms with Gasteiger partial charge < -0.3 is 15.4 Å². The maximum Gasteiger partial charge on any atom is 0.251 e. The van der Waals surface area contributed by atoms with Gasteiger partial charge in [-0.3, -0.25) is 9.59 Å². The summed E-state index contributed by atoms with van der Waals surface area (Å²) in [7, 11) is 1.61. The Bertz CT molecular complexity index is 713. The van der Waals surface area contributed by atoms with Gasteiger partial charge in [-0.2, -0.15) is 0 Å². The van der Waals surface area contributed by atoms with Crippen LogP contribution < -0.4 is 15.4 Å². The van der Waals surface area contributed by atoms with Gasteiger partial charge in [0.15, 0.2) is 0 Å². The van der Waals surface area contributed by atoms with Crippen molar-refractivity contribution in [1.82, 2.24) is 10.6 Å². The molecule has 2 aromatic carbocycles. The SMILES string of the molecule is COc1cccc(CNC(=O)CCNC(=O)c2ccccc2C)c1. The van der Waals surface area contributed by atoms with Crippen molar-refractivity contribution in [1.29, 1.82) is 0 Å². The molecule has 0 atom stereocenters. The predicted molar refractivity (Wildman–Crippen MR) is 93.0 cm³/mol. The number of ether oxygens (including phenoxy) is 1. The topological polar surface area (TPSA) is 67.4 Å². The molecule has 0 fully saturated rings. The molecule has 0 saturated heterocycles. The largest absolute Gasteiger partial charge is 0.497 e. The van der Waals surface area contributed by atoms with Gasteiger partial charge in [0, 0.05) is 25.1 Å². The lowest BCUT2D eigenvalue weighted by Gasteiger charge is -2.09. The van der Waals surface area contributed by atoms with Crippen LogP contribution in [0.2, 0.25) is 0 Å². The van der Waals surface area contributed by atoms with E-state index >= 15 is 0 Å². The normalized spacial score (nSPS) is 10.1. The zero-order valence-electron chi connectivity index (χ0n) is 14.0. The first kappa shape index (κ1) is 17.5. The van der Waals surface area contributed by atoms with E-state index in [1.165, 1.54) is 0 Å². The number of benzene rings is 2. The summed E-state index contributed by atoms with van der Waals surface area (Å²) in [5.74, 6) is 0.490. The summed E-state index contributed by atoms with van der Waals surface area (Å²) >= 11 is 0. The van der Waals surface area contributed by atoms with E-state index in [0.717, 1.165) is 16.9 Å². The van der Waals surface area contributed by atoms with Gasteiger partial charge >= 0.3 is 0 Å². The van der Waals surface area contributed by atoms with Crippen molar-refractivity contribution in [2.24, 2.45) is 0 Å². The monoisotopic (exact) mass is 326 g/mol. The van der Waals surface area contributed by atoms with Gasteiger partial charge in [-0.1, -0.05) is 30.3 Å². The fourth-order valence-corrected chi connectivity index (χ4v) is 2.28. The number of aryl methyl sites for hydroxylation is 1. The lowest BCUT2D eigenvalue weighted by Crippen LogP contribution is -2.30. The van der Waals surface area contributed by atoms with E-state index in [-0.39, 0.29) is 18.2 Å². The molecule has 5 heteroatoms. The average molecular weight is 326 g/mol. The summed E-state index contributed by atoms with van der Waals surface area (Å²) in [5.41, 5.74) is 2.51. The number of carbonyl (C=O) groups is 2. The Morgan fingerprint density at radius 2 is 1.83 bits per heavy atom. The molecule has 2 aromatic rings. The minimum Gasteiger partial charge on any atom is -0.497 e. The quantitative estimate of drug-likeness (QED) is 0.821. The summed E-state index contributed by atoms with van der Waals surface area (Å²) < 4.78 is 5.14. The Morgan fingerprint density at radius 3 is 2.58 bits per heavy atom. The average Bonchev–Trinajstić information content (AvgIpc) is 2.60. The third kappa shape index (κ3) is 5.12. The molecule has 2 N–H and O–H groups in total. The summed E-state index contributed by atoms with van der Waals surface area (Å²) in [6, 6.07) is 14.9. The molecule has 2 rings (SSSR count). The van der Waals surface area contributed by atoms with Gasteiger partial charge in [-0.15, -0.1) is 0 Å². The van der Waals surface area contributed by atoms with Gasteiger partial charge in [-0.05, 0) is 36.2 Å². The van der Waals surface area contributed by atoms with E-state index in [9.17, 15) is 9.59 Å². The molecule has 0 saturated carbocycles. The zero-order valence-corrected chi connectivity index (χ0v) is 14.0. The molecule has 24 heavy (non-hydrogen) atoms. The second-order valence-corrected chi connectivity index (χ2v) is 5.45. The molecule has 0 aliphatic rings. The van der Waals surface area contributed by atoms with Crippen LogP contribution in [0.5, 0.6) is 5.75 Å². The maximum atomic E-state index is 12.0. The standard InChI is InChI=1S/C19H22N2O3/c1-14-6-3-4-9-17(14)19(23)20-11-10-18(22)21-13-15-7-5-8-16(12-15)24-2/h3-9,12H,10-11,13H2,1-2H3,(H,20,23)(H,21,22). The third-order valence-corrected chi connectivity index (χ3v) is 3.65. The number of hydrogen-bond donors (Lipinski definition) is 2. The number of hydrogen-bond acceptors (Lipinski definition) is 3. The maximum absolute atomic E-state index is 12.0. The second-order valence-electron chi connectivity index (χ2n) is 5.45. The van der Waals surface area contributed by atoms with Crippen molar-refractivity contribution >= 4 is 11.8 Å². The highest BCUT2D eigenvalue weighted by atomic mass is 16.5. The van der Waals surface area contributed by atoms with Gasteiger partial charge in [0.25, 0.3) is 5.91 Å². The number of rotatable bonds is 7. The molecule has 0 spiro atoms. The molecule has 2 amide bonds. The molecule has 126 valence electrons. The van der Waals surface area contributed by atoms with Crippen molar-refractivity contribution in [3.05, 3.63) is 65.2 Å². The Labute approximate surface area is 142 Å². The van der Waals surface area contributed by atoms with E-state index in [4.69, 9.17) is 4.74 Å². The minimum atomic E-state index is -0.159. The highest BCUT2D eigenvalue weighted by Gasteiger charge is 2.08. The summed E-state index contributed by atoms with van der Waals surface area (Å²) in [6.45, 7) is 2.62. The van der Waals surface area contributed by atoms with E-state index in [1.54, 1.807) is 13.2 Å². The van der Waals surface area contributed by atoms with Crippen molar-refractivity contribution < 1.29 is 14.3 Å². The molecule has 0 radical (unpaired) electrons. The van der Waals surface area contributed by atoms with Crippen LogP contribution in [0.25, 0.3) is 0 Å². The molecule has 0 aliphatic heterocycles. The van der Waals surface area contributed by atoms with Crippen LogP contribution in [0.1, 0.15) is 27.9 Å². The molecular formula is C19H22N2O3. The first-order valence-corrected chi connectivity index (χ1v) is 7.83. The van der Waals surface area contributed by atoms with Crippen LogP contribution in [0, 0.1) is 6.92 Å². The second kappa shape index (κ2) is 8.72. The summed E-state index contributed by atoms with van der Waals surface area (Å²) in [6.07, 6.45) is 0.238. The molecule has 0 aromatic heterocycles. The Hall–Kier alpha value is -2.82. The molecule has 0 bridgehead atoms. The van der Waals surface area contributed by atoms with Crippen LogP contribution in [0.3, 0.4) is 0 Å². The molecule has 5 nitrogen and oxygen atoms in total. The van der Waals surface area contributed by atoms with Crippen LogP contribution >= 0.6 is 0 Å². The van der Waals surface area contributed by atoms with Crippen molar-refractivity contribution in [2.45, 2.75) is 19.9 Å². The van der Waals surface area contributed by atoms with Gasteiger partial charge in [0.2, 0.25) is 5.91 Å². The molecule has 0 aliphatic carbocycles. The smallest absolute Gasteiger partial charge is 0.251 e. The van der Waals surface area contributed by atoms with E-state index in [2.05, 4.69) is 10.6 Å². The van der Waals surface area contributed by atoms with Crippen LogP contribution in [0.4, 0.5) is 0 Å². The number of carbonyl (C=O) groups excluding carboxylic acids is 2. The van der Waals surface area contributed by atoms with Crippen molar-refractivity contribution in [3.63, 3.8) is 0 Å². The van der Waals surface area contributed by atoms with Crippen LogP contribution in [-0.2, 0) is 11.3 Å². The number of nitrogens with one attached hydrogen (secondary N) is 2. The highest BCUT2D eigenvalue weighted by molar-refractivity contribution is 5.95. The zero-order chi connectivity index (χ0) is 17.4. The third-order valence-electron chi connectivity index (χ3n) is 3.65. The Morgan fingerprint density at radius 1 is 1.04 bits per heavy atom. The van der Waals surface area contributed by atoms with E-state index in [1.807, 2.05) is 49.4 Å². The fourth-order valence-electron chi connectivity index (χ4n) is 2.28. The molecule has 0 unspecified atom stereocenters. The first-order chi connectivity index (χ1) is 11.6. The van der Waals surface area contributed by atoms with E-state index < -0.39 is 0 Å². The van der Waals surface area contributed by atoms with Crippen LogP contribution in [-0.4, -0.2) is 25.5 Å². The minimum absolute atomic E-state index is 0.108. The van der Waals surface area contributed by atoms with Crippen LogP contribution in [0.15, 0.2) is 48.5 Å². The fraction of sp³-hybridized carbons (Fsp3) is 0.263. The first-order valence-electron chi connectivity index (χ1n) is 7.83.